The van der Waals surface area contributed by atoms with Crippen molar-refractivity contribution >= 4 is 60.7 Å². The number of carbonyl (C=O) groups excluding carboxylic acids is 3. The van der Waals surface area contributed by atoms with Gasteiger partial charge in [-0.1, -0.05) is 93.6 Å². The number of rotatable bonds is 7. The van der Waals surface area contributed by atoms with Crippen molar-refractivity contribution in [2.24, 2.45) is 0 Å². The molecule has 4 nitrogen and oxygen atoms in total. The third kappa shape index (κ3) is 3.25. The Morgan fingerprint density at radius 2 is 0.951 bits per heavy atom. The normalized spacial score (nSPS) is 14.3. The minimum atomic E-state index is -0.196. The average molecular weight is 536 g/mol. The Balaban J connectivity index is 1.32. The number of benzene rings is 6. The molecule has 1 aliphatic heterocycles. The van der Waals surface area contributed by atoms with Crippen LogP contribution in [0.3, 0.4) is 0 Å². The maximum atomic E-state index is 13.7. The molecule has 1 aliphatic carbocycles. The summed E-state index contributed by atoms with van der Waals surface area (Å²) in [5.41, 5.74) is 4.70. The number of ketones is 1. The van der Waals surface area contributed by atoms with E-state index in [4.69, 9.17) is 0 Å². The molecule has 200 valence electrons. The molecular weight excluding hydrogens is 506 g/mol. The van der Waals surface area contributed by atoms with Crippen molar-refractivity contribution in [1.29, 1.82) is 0 Å². The van der Waals surface area contributed by atoms with Gasteiger partial charge < -0.3 is 0 Å². The minimum Gasteiger partial charge on any atom is -0.289 e. The fourth-order valence-corrected chi connectivity index (χ4v) is 7.36. The van der Waals surface area contributed by atoms with Gasteiger partial charge in [0.1, 0.15) is 0 Å². The molecule has 6 aromatic rings. The Kier molecular flexibility index (Phi) is 5.30. The zero-order valence-corrected chi connectivity index (χ0v) is 23.0. The van der Waals surface area contributed by atoms with Crippen LogP contribution in [0.1, 0.15) is 82.1 Å². The van der Waals surface area contributed by atoms with Gasteiger partial charge in [-0.2, -0.15) is 0 Å². The van der Waals surface area contributed by atoms with Gasteiger partial charge in [0.15, 0.2) is 5.78 Å². The topological polar surface area (TPSA) is 54.5 Å². The van der Waals surface area contributed by atoms with Gasteiger partial charge in [-0.05, 0) is 68.1 Å². The Labute approximate surface area is 237 Å². The van der Waals surface area contributed by atoms with E-state index in [1.54, 1.807) is 0 Å². The van der Waals surface area contributed by atoms with Gasteiger partial charge in [-0.3, -0.25) is 19.3 Å². The summed E-state index contributed by atoms with van der Waals surface area (Å²) in [4.78, 5) is 42.4. The third-order valence-corrected chi connectivity index (χ3v) is 9.29. The fourth-order valence-electron chi connectivity index (χ4n) is 7.36. The first kappa shape index (κ1) is 24.2. The van der Waals surface area contributed by atoms with Gasteiger partial charge in [-0.25, -0.2) is 0 Å². The second-order valence-corrected chi connectivity index (χ2v) is 11.5. The zero-order valence-electron chi connectivity index (χ0n) is 23.0. The maximum absolute atomic E-state index is 13.7. The molecule has 0 aromatic heterocycles. The predicted octanol–water partition coefficient (Wildman–Crippen LogP) is 8.91. The van der Waals surface area contributed by atoms with Crippen LogP contribution in [0.4, 0.5) is 0 Å². The molecule has 0 fully saturated rings. The van der Waals surface area contributed by atoms with Crippen LogP contribution in [0.2, 0.25) is 0 Å². The quantitative estimate of drug-likeness (QED) is 0.0886. The van der Waals surface area contributed by atoms with Crippen LogP contribution in [-0.2, 0) is 0 Å². The lowest BCUT2D eigenvalue weighted by atomic mass is 9.78. The molecule has 0 bridgehead atoms. The molecule has 0 radical (unpaired) electrons. The summed E-state index contributed by atoms with van der Waals surface area (Å²) >= 11 is 0. The lowest BCUT2D eigenvalue weighted by molar-refractivity contribution is 0.0607. The van der Waals surface area contributed by atoms with E-state index in [2.05, 4.69) is 19.1 Å². The third-order valence-electron chi connectivity index (χ3n) is 9.29. The van der Waals surface area contributed by atoms with Crippen LogP contribution in [0.5, 0.6) is 0 Å². The lowest BCUT2D eigenvalue weighted by Gasteiger charge is -2.29. The highest BCUT2D eigenvalue weighted by Gasteiger charge is 2.34. The smallest absolute Gasteiger partial charge is 0.261 e. The molecule has 4 heteroatoms. The van der Waals surface area contributed by atoms with Crippen LogP contribution >= 0.6 is 0 Å². The van der Waals surface area contributed by atoms with E-state index < -0.39 is 0 Å². The number of fused-ring (bicyclic) bond motifs is 4. The largest absolute Gasteiger partial charge is 0.289 e. The molecule has 0 saturated carbocycles. The number of hydrogen-bond donors (Lipinski definition) is 0. The number of carbonyl (C=O) groups is 3. The van der Waals surface area contributed by atoms with Crippen LogP contribution in [0, 0.1) is 0 Å². The minimum absolute atomic E-state index is 0.0505. The molecule has 0 atom stereocenters. The molecule has 2 amide bonds. The van der Waals surface area contributed by atoms with Crippen molar-refractivity contribution < 1.29 is 14.4 Å². The van der Waals surface area contributed by atoms with Crippen molar-refractivity contribution in [2.75, 3.05) is 6.54 Å². The second-order valence-electron chi connectivity index (χ2n) is 11.5. The van der Waals surface area contributed by atoms with Crippen LogP contribution in [0.25, 0.3) is 54.2 Å². The number of unbranched alkanes of at least 4 members (excludes halogenated alkanes) is 5. The van der Waals surface area contributed by atoms with Crippen LogP contribution in [-0.4, -0.2) is 29.0 Å². The van der Waals surface area contributed by atoms with Crippen LogP contribution in [0.15, 0.2) is 72.8 Å². The van der Waals surface area contributed by atoms with Crippen molar-refractivity contribution in [1.82, 2.24) is 4.90 Å². The van der Waals surface area contributed by atoms with E-state index in [0.29, 0.717) is 17.7 Å². The van der Waals surface area contributed by atoms with Gasteiger partial charge in [0.05, 0.1) is 0 Å². The second kappa shape index (κ2) is 8.97. The van der Waals surface area contributed by atoms with Gasteiger partial charge in [0.25, 0.3) is 11.8 Å². The first-order valence-corrected chi connectivity index (χ1v) is 14.8. The molecule has 0 N–H and O–H groups in total. The standard InChI is InChI=1S/C37H29NO3/c1-2-3-4-5-6-9-20-38-36(40)29-18-15-25-23-13-12-22-21-10-7-8-11-27(21)35(39)28-17-14-24(31(23)33(22)28)26-16-19-30(37(38)41)34(29)32(25)26/h7-8,10-19H,2-6,9,20H2,1H3. The SMILES string of the molecule is CCCCCCCCN1C(=O)c2ccc3c4ccc5c6c(ccc(c7ccc(c2c37)C1=O)c64)-c1ccccc1C5=O. The predicted molar refractivity (Wildman–Crippen MR) is 165 cm³/mol. The molecule has 1 heterocycles. The number of imide groups is 1. The van der Waals surface area contributed by atoms with E-state index in [0.717, 1.165) is 84.6 Å². The Morgan fingerprint density at radius 1 is 0.463 bits per heavy atom. The monoisotopic (exact) mass is 535 g/mol. The van der Waals surface area contributed by atoms with Gasteiger partial charge >= 0.3 is 0 Å². The summed E-state index contributed by atoms with van der Waals surface area (Å²) in [6.07, 6.45) is 6.61. The summed E-state index contributed by atoms with van der Waals surface area (Å²) in [6.45, 7) is 2.65. The first-order chi connectivity index (χ1) is 20.1. The summed E-state index contributed by atoms with van der Waals surface area (Å²) in [5, 5.41) is 7.86. The summed E-state index contributed by atoms with van der Waals surface area (Å²) < 4.78 is 0. The van der Waals surface area contributed by atoms with Gasteiger partial charge in [-0.15, -0.1) is 0 Å². The molecule has 41 heavy (non-hydrogen) atoms. The number of hydrogen-bond acceptors (Lipinski definition) is 3. The lowest BCUT2D eigenvalue weighted by Crippen LogP contribution is -2.40. The summed E-state index contributed by atoms with van der Waals surface area (Å²) in [5.74, 6) is -0.342. The van der Waals surface area contributed by atoms with E-state index >= 15 is 0 Å². The van der Waals surface area contributed by atoms with Crippen molar-refractivity contribution in [3.8, 4) is 11.1 Å². The fraction of sp³-hybridized carbons (Fsp3) is 0.216. The van der Waals surface area contributed by atoms with E-state index in [1.807, 2.05) is 60.7 Å². The highest BCUT2D eigenvalue weighted by molar-refractivity contribution is 6.41. The Morgan fingerprint density at radius 3 is 1.56 bits per heavy atom. The Hall–Kier alpha value is -4.57. The average Bonchev–Trinajstić information content (AvgIpc) is 3.01. The van der Waals surface area contributed by atoms with E-state index in [-0.39, 0.29) is 17.6 Å². The molecule has 0 spiro atoms. The molecule has 6 aromatic carbocycles. The van der Waals surface area contributed by atoms with E-state index in [9.17, 15) is 14.4 Å². The number of nitrogens with zero attached hydrogens (tertiary/aromatic N) is 1. The van der Waals surface area contributed by atoms with Gasteiger partial charge in [0.2, 0.25) is 0 Å². The molecule has 0 saturated heterocycles. The zero-order chi connectivity index (χ0) is 27.8. The first-order valence-electron chi connectivity index (χ1n) is 14.8. The molecule has 0 unspecified atom stereocenters. The molecular formula is C37H29NO3. The maximum Gasteiger partial charge on any atom is 0.261 e. The van der Waals surface area contributed by atoms with E-state index in [1.165, 1.54) is 24.2 Å². The van der Waals surface area contributed by atoms with Crippen molar-refractivity contribution in [2.45, 2.75) is 45.4 Å². The number of amides is 2. The highest BCUT2D eigenvalue weighted by atomic mass is 16.2. The van der Waals surface area contributed by atoms with Crippen molar-refractivity contribution in [3.63, 3.8) is 0 Å². The molecule has 8 rings (SSSR count). The van der Waals surface area contributed by atoms with Gasteiger partial charge in [0, 0.05) is 39.6 Å². The summed E-state index contributed by atoms with van der Waals surface area (Å²) in [7, 11) is 0. The van der Waals surface area contributed by atoms with Crippen molar-refractivity contribution in [3.05, 3.63) is 95.1 Å². The highest BCUT2D eigenvalue weighted by Crippen LogP contribution is 2.48. The summed E-state index contributed by atoms with van der Waals surface area (Å²) in [6, 6.07) is 23.9. The Bertz CT molecular complexity index is 2030. The molecule has 2 aliphatic rings. The van der Waals surface area contributed by atoms with Crippen LogP contribution < -0.4 is 0 Å².